The fourth-order valence-electron chi connectivity index (χ4n) is 5.29. The topological polar surface area (TPSA) is 95.2 Å². The van der Waals surface area contributed by atoms with Crippen molar-refractivity contribution in [2.24, 2.45) is 5.92 Å². The molecule has 2 aliphatic heterocycles. The lowest BCUT2D eigenvalue weighted by Crippen LogP contribution is -2.47. The van der Waals surface area contributed by atoms with E-state index in [9.17, 15) is 14.3 Å². The van der Waals surface area contributed by atoms with E-state index in [1.54, 1.807) is 18.9 Å². The van der Waals surface area contributed by atoms with Crippen LogP contribution in [0.15, 0.2) is 52.9 Å². The number of carbonyl (C=O) groups excluding carboxylic acids is 1. The molecule has 3 atom stereocenters. The lowest BCUT2D eigenvalue weighted by Gasteiger charge is -2.33. The average molecular weight is 544 g/mol. The summed E-state index contributed by atoms with van der Waals surface area (Å²) in [6.45, 7) is 4.05. The van der Waals surface area contributed by atoms with Crippen LogP contribution >= 0.6 is 11.6 Å². The predicted octanol–water partition coefficient (Wildman–Crippen LogP) is 3.67. The van der Waals surface area contributed by atoms with Gasteiger partial charge in [-0.15, -0.1) is 5.10 Å². The number of likely N-dealkylation sites (tertiary alicyclic amines) is 1. The first-order valence-corrected chi connectivity index (χ1v) is 13.1. The highest BCUT2D eigenvalue weighted by Crippen LogP contribution is 2.34. The minimum Gasteiger partial charge on any atom is -0.451 e. The summed E-state index contributed by atoms with van der Waals surface area (Å²) >= 11 is 6.13. The van der Waals surface area contributed by atoms with Gasteiger partial charge in [-0.25, -0.2) is 9.29 Å². The van der Waals surface area contributed by atoms with Gasteiger partial charge in [0.05, 0.1) is 0 Å². The molecule has 3 aromatic rings. The molecule has 11 heteroatoms. The van der Waals surface area contributed by atoms with Gasteiger partial charge in [0.1, 0.15) is 11.6 Å². The fraction of sp³-hybridized carbons (Fsp3) is 0.444. The molecule has 0 saturated carbocycles. The predicted molar refractivity (Wildman–Crippen MR) is 139 cm³/mol. The van der Waals surface area contributed by atoms with Crippen LogP contribution in [0.3, 0.4) is 0 Å². The van der Waals surface area contributed by atoms with Crippen molar-refractivity contribution >= 4 is 23.5 Å². The molecule has 0 radical (unpaired) electrons. The molecule has 1 aromatic heterocycles. The summed E-state index contributed by atoms with van der Waals surface area (Å²) in [6, 6.07) is 13.4. The van der Waals surface area contributed by atoms with Crippen molar-refractivity contribution in [3.05, 3.63) is 70.8 Å². The van der Waals surface area contributed by atoms with Gasteiger partial charge < -0.3 is 24.1 Å². The second kappa shape index (κ2) is 11.3. The molecule has 2 aliphatic rings. The van der Waals surface area contributed by atoms with Crippen LogP contribution < -0.4 is 9.64 Å². The smallest absolute Gasteiger partial charge is 0.318 e. The van der Waals surface area contributed by atoms with Crippen LogP contribution in [0.5, 0.6) is 5.75 Å². The number of amides is 1. The van der Waals surface area contributed by atoms with E-state index in [1.807, 2.05) is 34.1 Å². The lowest BCUT2D eigenvalue weighted by atomic mass is 9.93. The normalized spacial score (nSPS) is 21.2. The molecule has 2 fully saturated rings. The van der Waals surface area contributed by atoms with E-state index in [2.05, 4.69) is 10.2 Å². The van der Waals surface area contributed by atoms with Crippen LogP contribution in [0.25, 0.3) is 0 Å². The molecule has 9 nitrogen and oxygen atoms in total. The SMILES string of the molecule is Cc1nnc(N2CCC(C(=O)N3CC(c4ccc(Cl)cc4)C(N(C)C(O)Oc4ccc(F)cc4)C3)CC2)o1. The van der Waals surface area contributed by atoms with Gasteiger partial charge in [-0.2, -0.15) is 0 Å². The quantitative estimate of drug-likeness (QED) is 0.451. The highest BCUT2D eigenvalue weighted by atomic mass is 35.5. The van der Waals surface area contributed by atoms with Gasteiger partial charge in [-0.3, -0.25) is 4.79 Å². The van der Waals surface area contributed by atoms with Crippen LogP contribution in [-0.4, -0.2) is 76.7 Å². The van der Waals surface area contributed by atoms with Crippen LogP contribution in [0.4, 0.5) is 10.4 Å². The number of carbonyl (C=O) groups is 1. The van der Waals surface area contributed by atoms with Gasteiger partial charge in [-0.05, 0) is 61.9 Å². The molecular weight excluding hydrogens is 513 g/mol. The summed E-state index contributed by atoms with van der Waals surface area (Å²) < 4.78 is 24.5. The van der Waals surface area contributed by atoms with Gasteiger partial charge in [0.25, 0.3) is 6.41 Å². The summed E-state index contributed by atoms with van der Waals surface area (Å²) in [4.78, 5) is 19.3. The number of aryl methyl sites for hydroxylation is 1. The average Bonchev–Trinajstić information content (AvgIpc) is 3.56. The second-order valence-corrected chi connectivity index (χ2v) is 10.3. The number of aliphatic hydroxyl groups excluding tert-OH is 1. The molecule has 3 heterocycles. The Kier molecular flexibility index (Phi) is 7.83. The Bertz CT molecular complexity index is 1230. The molecule has 0 bridgehead atoms. The first-order valence-electron chi connectivity index (χ1n) is 12.7. The van der Waals surface area contributed by atoms with E-state index in [1.165, 1.54) is 24.3 Å². The van der Waals surface area contributed by atoms with Crippen molar-refractivity contribution in [3.63, 3.8) is 0 Å². The van der Waals surface area contributed by atoms with Gasteiger partial charge in [-0.1, -0.05) is 28.8 Å². The monoisotopic (exact) mass is 543 g/mol. The molecule has 0 aliphatic carbocycles. The van der Waals surface area contributed by atoms with E-state index in [0.29, 0.717) is 61.7 Å². The maximum atomic E-state index is 13.6. The van der Waals surface area contributed by atoms with Gasteiger partial charge in [0.2, 0.25) is 11.8 Å². The molecule has 0 spiro atoms. The maximum absolute atomic E-state index is 13.6. The highest BCUT2D eigenvalue weighted by molar-refractivity contribution is 6.30. The van der Waals surface area contributed by atoms with Crippen molar-refractivity contribution in [2.75, 3.05) is 38.1 Å². The number of anilines is 1. The largest absolute Gasteiger partial charge is 0.451 e. The van der Waals surface area contributed by atoms with E-state index in [0.717, 1.165) is 5.56 Å². The van der Waals surface area contributed by atoms with Crippen molar-refractivity contribution < 1.29 is 23.4 Å². The summed E-state index contributed by atoms with van der Waals surface area (Å²) in [5, 5.41) is 19.5. The summed E-state index contributed by atoms with van der Waals surface area (Å²) in [6.07, 6.45) is 0.106. The van der Waals surface area contributed by atoms with Gasteiger partial charge in [0, 0.05) is 56.0 Å². The standard InChI is InChI=1S/C27H31ClFN5O4/c1-17-30-31-26(37-17)33-13-11-19(12-14-33)25(35)34-15-23(18-3-5-20(28)6-4-18)24(16-34)32(2)27(36)38-22-9-7-21(29)8-10-22/h3-10,19,23-24,27,36H,11-16H2,1-2H3. The third kappa shape index (κ3) is 5.77. The number of ether oxygens (including phenoxy) is 1. The molecule has 3 unspecified atom stereocenters. The minimum absolute atomic E-state index is 0.0610. The Hall–Kier alpha value is -3.21. The number of hydrogen-bond donors (Lipinski definition) is 1. The number of likely N-dealkylation sites (N-methyl/N-ethyl adjacent to an activating group) is 1. The molecule has 1 amide bonds. The number of rotatable bonds is 7. The zero-order chi connectivity index (χ0) is 26.8. The van der Waals surface area contributed by atoms with Crippen LogP contribution in [0.1, 0.15) is 30.2 Å². The number of benzene rings is 2. The molecular formula is C27H31ClFN5O4. The number of nitrogens with zero attached hydrogens (tertiary/aromatic N) is 5. The lowest BCUT2D eigenvalue weighted by molar-refractivity contribution is -0.144. The summed E-state index contributed by atoms with van der Waals surface area (Å²) in [5.41, 5.74) is 1.03. The number of aromatic nitrogens is 2. The van der Waals surface area contributed by atoms with E-state index >= 15 is 0 Å². The first-order chi connectivity index (χ1) is 18.3. The van der Waals surface area contributed by atoms with Gasteiger partial charge >= 0.3 is 6.01 Å². The van der Waals surface area contributed by atoms with Crippen molar-refractivity contribution in [3.8, 4) is 5.75 Å². The number of halogens is 2. The molecule has 2 aromatic carbocycles. The Morgan fingerprint density at radius 3 is 2.45 bits per heavy atom. The van der Waals surface area contributed by atoms with Crippen molar-refractivity contribution in [1.82, 2.24) is 20.0 Å². The Balaban J connectivity index is 1.28. The zero-order valence-electron chi connectivity index (χ0n) is 21.3. The minimum atomic E-state index is -1.28. The number of hydrogen-bond acceptors (Lipinski definition) is 8. The second-order valence-electron chi connectivity index (χ2n) is 9.90. The Morgan fingerprint density at radius 2 is 1.82 bits per heavy atom. The van der Waals surface area contributed by atoms with Crippen molar-refractivity contribution in [1.29, 1.82) is 0 Å². The van der Waals surface area contributed by atoms with E-state index in [4.69, 9.17) is 20.8 Å². The first kappa shape index (κ1) is 26.4. The van der Waals surface area contributed by atoms with E-state index in [-0.39, 0.29) is 29.6 Å². The van der Waals surface area contributed by atoms with Gasteiger partial charge in [0.15, 0.2) is 0 Å². The molecule has 2 saturated heterocycles. The molecule has 202 valence electrons. The van der Waals surface area contributed by atoms with Crippen LogP contribution in [0, 0.1) is 18.7 Å². The number of aliphatic hydroxyl groups is 1. The Labute approximate surface area is 225 Å². The zero-order valence-corrected chi connectivity index (χ0v) is 22.1. The maximum Gasteiger partial charge on any atom is 0.318 e. The van der Waals surface area contributed by atoms with Crippen LogP contribution in [0.2, 0.25) is 5.02 Å². The molecule has 38 heavy (non-hydrogen) atoms. The molecule has 5 rings (SSSR count). The summed E-state index contributed by atoms with van der Waals surface area (Å²) in [5.74, 6) is 0.424. The van der Waals surface area contributed by atoms with Crippen molar-refractivity contribution in [2.45, 2.75) is 38.1 Å². The summed E-state index contributed by atoms with van der Waals surface area (Å²) in [7, 11) is 1.76. The van der Waals surface area contributed by atoms with E-state index < -0.39 is 6.41 Å². The molecule has 1 N–H and O–H groups in total. The third-order valence-corrected chi connectivity index (χ3v) is 7.71. The fourth-order valence-corrected chi connectivity index (χ4v) is 5.41. The Morgan fingerprint density at radius 1 is 1.13 bits per heavy atom. The third-order valence-electron chi connectivity index (χ3n) is 7.46. The van der Waals surface area contributed by atoms with Crippen LogP contribution in [-0.2, 0) is 4.79 Å². The highest BCUT2D eigenvalue weighted by Gasteiger charge is 2.42. The number of piperidine rings is 1.